The van der Waals surface area contributed by atoms with Gasteiger partial charge in [-0.15, -0.1) is 11.3 Å². The van der Waals surface area contributed by atoms with E-state index < -0.39 is 10.0 Å². The van der Waals surface area contributed by atoms with Gasteiger partial charge in [-0.25, -0.2) is 17.9 Å². The fourth-order valence-corrected chi connectivity index (χ4v) is 5.04. The van der Waals surface area contributed by atoms with Crippen LogP contribution in [-0.2, 0) is 10.0 Å². The van der Waals surface area contributed by atoms with E-state index in [1.54, 1.807) is 11.0 Å². The summed E-state index contributed by atoms with van der Waals surface area (Å²) in [6.07, 6.45) is 1.62. The highest BCUT2D eigenvalue weighted by atomic mass is 32.2. The fraction of sp³-hybridized carbons (Fsp3) is 0.688. The van der Waals surface area contributed by atoms with Crippen LogP contribution in [0, 0.1) is 12.8 Å². The molecule has 2 amide bonds. The third kappa shape index (κ3) is 5.46. The monoisotopic (exact) mass is 373 g/mol. The number of aryl methyl sites for hydroxylation is 1. The van der Waals surface area contributed by atoms with Crippen LogP contribution in [0.2, 0.25) is 0 Å². The predicted molar refractivity (Wildman–Crippen MR) is 96.8 cm³/mol. The SMILES string of the molecule is Cc1ccc(S(=O)(=O)NCC2CCN(C(=O)NC(C)(C)C)CC2)s1. The average molecular weight is 374 g/mol. The normalized spacial score (nSPS) is 17.1. The number of nitrogens with zero attached hydrogens (tertiary/aromatic N) is 1. The minimum Gasteiger partial charge on any atom is -0.333 e. The first-order chi connectivity index (χ1) is 11.1. The highest BCUT2D eigenvalue weighted by Crippen LogP contribution is 2.22. The van der Waals surface area contributed by atoms with Crippen molar-refractivity contribution in [3.63, 3.8) is 0 Å². The smallest absolute Gasteiger partial charge is 0.317 e. The molecular formula is C16H27N3O3S2. The molecule has 1 saturated heterocycles. The fourth-order valence-electron chi connectivity index (χ4n) is 2.60. The summed E-state index contributed by atoms with van der Waals surface area (Å²) in [6, 6.07) is 3.41. The van der Waals surface area contributed by atoms with Gasteiger partial charge in [-0.3, -0.25) is 0 Å². The van der Waals surface area contributed by atoms with Gasteiger partial charge in [0.15, 0.2) is 0 Å². The van der Waals surface area contributed by atoms with Crippen LogP contribution >= 0.6 is 11.3 Å². The number of nitrogens with one attached hydrogen (secondary N) is 2. The van der Waals surface area contributed by atoms with Crippen molar-refractivity contribution < 1.29 is 13.2 Å². The maximum Gasteiger partial charge on any atom is 0.317 e. The Labute approximate surface area is 148 Å². The van der Waals surface area contributed by atoms with E-state index in [0.29, 0.717) is 23.8 Å². The highest BCUT2D eigenvalue weighted by molar-refractivity contribution is 7.91. The van der Waals surface area contributed by atoms with Gasteiger partial charge in [-0.2, -0.15) is 0 Å². The van der Waals surface area contributed by atoms with Gasteiger partial charge in [0.25, 0.3) is 0 Å². The Hall–Kier alpha value is -1.12. The number of likely N-dealkylation sites (tertiary alicyclic amines) is 1. The molecule has 6 nitrogen and oxygen atoms in total. The maximum absolute atomic E-state index is 12.2. The number of thiophene rings is 1. The third-order valence-electron chi connectivity index (χ3n) is 3.93. The minimum atomic E-state index is -3.42. The van der Waals surface area contributed by atoms with Gasteiger partial charge in [0, 0.05) is 30.1 Å². The Kier molecular flexibility index (Phi) is 5.93. The van der Waals surface area contributed by atoms with Crippen molar-refractivity contribution in [1.29, 1.82) is 0 Å². The first kappa shape index (κ1) is 19.2. The molecule has 0 saturated carbocycles. The largest absolute Gasteiger partial charge is 0.333 e. The molecule has 2 N–H and O–H groups in total. The van der Waals surface area contributed by atoms with Crippen LogP contribution in [0.3, 0.4) is 0 Å². The summed E-state index contributed by atoms with van der Waals surface area (Å²) in [5.41, 5.74) is -0.248. The predicted octanol–water partition coefficient (Wildman–Crippen LogP) is 2.55. The maximum atomic E-state index is 12.2. The summed E-state index contributed by atoms with van der Waals surface area (Å²) < 4.78 is 27.6. The van der Waals surface area contributed by atoms with Gasteiger partial charge < -0.3 is 10.2 Å². The molecule has 24 heavy (non-hydrogen) atoms. The van der Waals surface area contributed by atoms with Crippen molar-refractivity contribution in [2.45, 2.75) is 50.3 Å². The summed E-state index contributed by atoms with van der Waals surface area (Å²) in [4.78, 5) is 14.9. The van der Waals surface area contributed by atoms with Gasteiger partial charge in [0.05, 0.1) is 0 Å². The zero-order valence-electron chi connectivity index (χ0n) is 14.8. The number of piperidine rings is 1. The molecular weight excluding hydrogens is 346 g/mol. The van der Waals surface area contributed by atoms with Crippen LogP contribution < -0.4 is 10.0 Å². The molecule has 0 atom stereocenters. The summed E-state index contributed by atoms with van der Waals surface area (Å²) in [7, 11) is -3.42. The van der Waals surface area contributed by atoms with Crippen LogP contribution in [0.5, 0.6) is 0 Å². The molecule has 0 aliphatic carbocycles. The summed E-state index contributed by atoms with van der Waals surface area (Å²) >= 11 is 1.28. The van der Waals surface area contributed by atoms with Crippen molar-refractivity contribution in [2.24, 2.45) is 5.92 Å². The molecule has 8 heteroatoms. The second-order valence-electron chi connectivity index (χ2n) is 7.33. The summed E-state index contributed by atoms with van der Waals surface area (Å²) in [5.74, 6) is 0.263. The molecule has 0 bridgehead atoms. The van der Waals surface area contributed by atoms with Crippen molar-refractivity contribution >= 4 is 27.4 Å². The van der Waals surface area contributed by atoms with Crippen molar-refractivity contribution in [3.8, 4) is 0 Å². The molecule has 0 radical (unpaired) electrons. The Balaban J connectivity index is 1.80. The first-order valence-electron chi connectivity index (χ1n) is 8.20. The summed E-state index contributed by atoms with van der Waals surface area (Å²) in [6.45, 7) is 9.51. The molecule has 1 fully saturated rings. The van der Waals surface area contributed by atoms with Crippen LogP contribution in [0.4, 0.5) is 4.79 Å². The Morgan fingerprint density at radius 1 is 1.29 bits per heavy atom. The number of rotatable bonds is 4. The molecule has 2 heterocycles. The van der Waals surface area contributed by atoms with Crippen LogP contribution in [0.1, 0.15) is 38.5 Å². The number of hydrogen-bond donors (Lipinski definition) is 2. The molecule has 1 aliphatic rings. The highest BCUT2D eigenvalue weighted by Gasteiger charge is 2.26. The Morgan fingerprint density at radius 3 is 2.42 bits per heavy atom. The molecule has 0 unspecified atom stereocenters. The molecule has 136 valence electrons. The summed E-state index contributed by atoms with van der Waals surface area (Å²) in [5, 5.41) is 2.96. The lowest BCUT2D eigenvalue weighted by Gasteiger charge is -2.34. The van der Waals surface area contributed by atoms with E-state index in [4.69, 9.17) is 0 Å². The van der Waals surface area contributed by atoms with E-state index in [2.05, 4.69) is 10.0 Å². The Morgan fingerprint density at radius 2 is 1.92 bits per heavy atom. The van der Waals surface area contributed by atoms with E-state index >= 15 is 0 Å². The van der Waals surface area contributed by atoms with Crippen LogP contribution in [-0.4, -0.2) is 44.5 Å². The van der Waals surface area contributed by atoms with Crippen LogP contribution in [0.15, 0.2) is 16.3 Å². The third-order valence-corrected chi connectivity index (χ3v) is 6.84. The quantitative estimate of drug-likeness (QED) is 0.851. The van der Waals surface area contributed by atoms with E-state index in [9.17, 15) is 13.2 Å². The minimum absolute atomic E-state index is 0.0457. The van der Waals surface area contributed by atoms with Gasteiger partial charge in [-0.1, -0.05) is 0 Å². The number of carbonyl (C=O) groups excluding carboxylic acids is 1. The van der Waals surface area contributed by atoms with Crippen molar-refractivity contribution in [2.75, 3.05) is 19.6 Å². The van der Waals surface area contributed by atoms with Crippen molar-refractivity contribution in [3.05, 3.63) is 17.0 Å². The van der Waals surface area contributed by atoms with Gasteiger partial charge in [0.2, 0.25) is 10.0 Å². The van der Waals surface area contributed by atoms with E-state index in [0.717, 1.165) is 17.7 Å². The zero-order chi connectivity index (χ0) is 18.0. The molecule has 0 aromatic carbocycles. The second kappa shape index (κ2) is 7.41. The standard InChI is InChI=1S/C16H27N3O3S2/c1-12-5-6-14(23-12)24(21,22)17-11-13-7-9-19(10-8-13)15(20)18-16(2,3)4/h5-6,13,17H,7-11H2,1-4H3,(H,18,20). The van der Waals surface area contributed by atoms with E-state index in [1.807, 2.05) is 33.8 Å². The lowest BCUT2D eigenvalue weighted by molar-refractivity contribution is 0.163. The number of urea groups is 1. The van der Waals surface area contributed by atoms with Crippen LogP contribution in [0.25, 0.3) is 0 Å². The second-order valence-corrected chi connectivity index (χ2v) is 10.6. The topological polar surface area (TPSA) is 78.5 Å². The molecule has 1 aliphatic heterocycles. The number of hydrogen-bond acceptors (Lipinski definition) is 4. The molecule has 0 spiro atoms. The molecule has 1 aromatic rings. The molecule has 2 rings (SSSR count). The lowest BCUT2D eigenvalue weighted by Crippen LogP contribution is -2.51. The number of sulfonamides is 1. The van der Waals surface area contributed by atoms with Gasteiger partial charge in [-0.05, 0) is 58.6 Å². The number of carbonyl (C=O) groups is 1. The number of amides is 2. The molecule has 1 aromatic heterocycles. The van der Waals surface area contributed by atoms with Crippen molar-refractivity contribution in [1.82, 2.24) is 14.9 Å². The van der Waals surface area contributed by atoms with E-state index in [1.165, 1.54) is 11.3 Å². The van der Waals surface area contributed by atoms with Gasteiger partial charge in [0.1, 0.15) is 4.21 Å². The van der Waals surface area contributed by atoms with Gasteiger partial charge >= 0.3 is 6.03 Å². The first-order valence-corrected chi connectivity index (χ1v) is 10.5. The van der Waals surface area contributed by atoms with E-state index in [-0.39, 0.29) is 17.5 Å². The Bertz CT molecular complexity index is 669. The average Bonchev–Trinajstić information content (AvgIpc) is 2.91. The lowest BCUT2D eigenvalue weighted by atomic mass is 9.97. The zero-order valence-corrected chi connectivity index (χ0v) is 16.4.